The minimum atomic E-state index is -0.245. The van der Waals surface area contributed by atoms with Crippen LogP contribution in [0.2, 0.25) is 5.02 Å². The van der Waals surface area contributed by atoms with E-state index in [1.54, 1.807) is 6.21 Å². The molecule has 0 saturated carbocycles. The van der Waals surface area contributed by atoms with Crippen molar-refractivity contribution >= 4 is 35.5 Å². The number of benzene rings is 3. The SMILES string of the molecule is Cc1ccc(S[C@H](C)C(=O)N/N=C\c2ccc(OCc3ccccc3Cl)cc2)cc1. The van der Waals surface area contributed by atoms with E-state index in [1.165, 1.54) is 17.3 Å². The van der Waals surface area contributed by atoms with E-state index < -0.39 is 0 Å². The summed E-state index contributed by atoms with van der Waals surface area (Å²) in [5, 5.41) is 4.50. The molecular formula is C24H23ClN2O2S. The molecule has 1 atom stereocenters. The summed E-state index contributed by atoms with van der Waals surface area (Å²) in [6.07, 6.45) is 1.61. The Hall–Kier alpha value is -2.76. The summed E-state index contributed by atoms with van der Waals surface area (Å²) in [6.45, 7) is 4.30. The lowest BCUT2D eigenvalue weighted by atomic mass is 10.2. The number of hydrogen-bond acceptors (Lipinski definition) is 4. The minimum absolute atomic E-state index is 0.142. The van der Waals surface area contributed by atoms with E-state index in [0.29, 0.717) is 11.6 Å². The average Bonchev–Trinajstić information content (AvgIpc) is 2.75. The highest BCUT2D eigenvalue weighted by molar-refractivity contribution is 8.00. The zero-order valence-corrected chi connectivity index (χ0v) is 18.4. The van der Waals surface area contributed by atoms with E-state index in [0.717, 1.165) is 21.8 Å². The van der Waals surface area contributed by atoms with Gasteiger partial charge in [0.1, 0.15) is 12.4 Å². The molecule has 154 valence electrons. The summed E-state index contributed by atoms with van der Waals surface area (Å²) in [6, 6.07) is 23.2. The van der Waals surface area contributed by atoms with Gasteiger partial charge >= 0.3 is 0 Å². The smallest absolute Gasteiger partial charge is 0.253 e. The average molecular weight is 439 g/mol. The van der Waals surface area contributed by atoms with Crippen LogP contribution in [-0.4, -0.2) is 17.4 Å². The summed E-state index contributed by atoms with van der Waals surface area (Å²) in [4.78, 5) is 13.3. The number of amides is 1. The monoisotopic (exact) mass is 438 g/mol. The number of ether oxygens (including phenoxy) is 1. The van der Waals surface area contributed by atoms with Gasteiger partial charge in [-0.25, -0.2) is 5.43 Å². The van der Waals surface area contributed by atoms with Gasteiger partial charge in [-0.15, -0.1) is 11.8 Å². The predicted molar refractivity (Wildman–Crippen MR) is 124 cm³/mol. The highest BCUT2D eigenvalue weighted by atomic mass is 35.5. The van der Waals surface area contributed by atoms with Gasteiger partial charge in [0.25, 0.3) is 5.91 Å². The molecule has 1 N–H and O–H groups in total. The van der Waals surface area contributed by atoms with Crippen LogP contribution in [0.3, 0.4) is 0 Å². The first-order valence-electron chi connectivity index (χ1n) is 9.54. The quantitative estimate of drug-likeness (QED) is 0.272. The normalized spacial score (nSPS) is 12.0. The first kappa shape index (κ1) is 21.9. The van der Waals surface area contributed by atoms with Crippen molar-refractivity contribution in [3.05, 3.63) is 94.5 Å². The standard InChI is InChI=1S/C24H23ClN2O2S/c1-17-7-13-22(14-8-17)30-18(2)24(28)27-26-15-19-9-11-21(12-10-19)29-16-20-5-3-4-6-23(20)25/h3-15,18H,16H2,1-2H3,(H,27,28)/b26-15-/t18-/m1/s1. The molecule has 0 fully saturated rings. The second-order valence-corrected chi connectivity index (χ2v) is 8.58. The number of aryl methyl sites for hydroxylation is 1. The van der Waals surface area contributed by atoms with Gasteiger partial charge in [-0.05, 0) is 61.9 Å². The highest BCUT2D eigenvalue weighted by Crippen LogP contribution is 2.23. The molecule has 6 heteroatoms. The molecule has 0 bridgehead atoms. The van der Waals surface area contributed by atoms with Gasteiger partial charge in [0.2, 0.25) is 0 Å². The van der Waals surface area contributed by atoms with E-state index in [4.69, 9.17) is 16.3 Å². The number of nitrogens with zero attached hydrogens (tertiary/aromatic N) is 1. The zero-order valence-electron chi connectivity index (χ0n) is 16.8. The van der Waals surface area contributed by atoms with Gasteiger partial charge in [0.15, 0.2) is 0 Å². The van der Waals surface area contributed by atoms with Gasteiger partial charge in [-0.2, -0.15) is 5.10 Å². The van der Waals surface area contributed by atoms with Crippen molar-refractivity contribution in [1.29, 1.82) is 0 Å². The Bertz CT molecular complexity index is 1000. The van der Waals surface area contributed by atoms with Crippen LogP contribution in [0.5, 0.6) is 5.75 Å². The molecule has 1 amide bonds. The van der Waals surface area contributed by atoms with Crippen molar-refractivity contribution in [2.75, 3.05) is 0 Å². The number of halogens is 1. The third-order valence-electron chi connectivity index (χ3n) is 4.32. The van der Waals surface area contributed by atoms with Gasteiger partial charge < -0.3 is 4.74 Å². The van der Waals surface area contributed by atoms with Crippen LogP contribution >= 0.6 is 23.4 Å². The summed E-state index contributed by atoms with van der Waals surface area (Å²) < 4.78 is 5.76. The van der Waals surface area contributed by atoms with E-state index >= 15 is 0 Å². The lowest BCUT2D eigenvalue weighted by Gasteiger charge is -2.09. The largest absolute Gasteiger partial charge is 0.489 e. The van der Waals surface area contributed by atoms with E-state index in [-0.39, 0.29) is 11.2 Å². The Balaban J connectivity index is 1.46. The maximum Gasteiger partial charge on any atom is 0.253 e. The first-order chi connectivity index (χ1) is 14.5. The number of carbonyl (C=O) groups excluding carboxylic acids is 1. The first-order valence-corrected chi connectivity index (χ1v) is 10.8. The molecule has 0 spiro atoms. The van der Waals surface area contributed by atoms with Crippen LogP contribution in [0, 0.1) is 6.92 Å². The van der Waals surface area contributed by atoms with Crippen LogP contribution in [0.15, 0.2) is 82.8 Å². The maximum absolute atomic E-state index is 12.2. The number of hydrogen-bond donors (Lipinski definition) is 1. The fourth-order valence-electron chi connectivity index (χ4n) is 2.56. The summed E-state index contributed by atoms with van der Waals surface area (Å²) in [5.41, 5.74) is 5.59. The molecule has 0 aliphatic carbocycles. The topological polar surface area (TPSA) is 50.7 Å². The lowest BCUT2D eigenvalue weighted by molar-refractivity contribution is -0.120. The van der Waals surface area contributed by atoms with Gasteiger partial charge in [-0.3, -0.25) is 4.79 Å². The van der Waals surface area contributed by atoms with Crippen molar-refractivity contribution in [3.8, 4) is 5.75 Å². The second kappa shape index (κ2) is 10.9. The molecule has 0 aromatic heterocycles. The van der Waals surface area contributed by atoms with Crippen LogP contribution < -0.4 is 10.2 Å². The van der Waals surface area contributed by atoms with E-state index in [2.05, 4.69) is 10.5 Å². The number of thioether (sulfide) groups is 1. The molecule has 0 saturated heterocycles. The Morgan fingerprint density at radius 2 is 1.80 bits per heavy atom. The maximum atomic E-state index is 12.2. The van der Waals surface area contributed by atoms with E-state index in [1.807, 2.05) is 86.6 Å². The number of rotatable bonds is 8. The Morgan fingerprint density at radius 3 is 2.50 bits per heavy atom. The fourth-order valence-corrected chi connectivity index (χ4v) is 3.61. The van der Waals surface area contributed by atoms with Gasteiger partial charge in [0.05, 0.1) is 11.5 Å². The fraction of sp³-hybridized carbons (Fsp3) is 0.167. The van der Waals surface area contributed by atoms with Crippen LogP contribution in [0.25, 0.3) is 0 Å². The molecule has 4 nitrogen and oxygen atoms in total. The number of hydrazone groups is 1. The highest BCUT2D eigenvalue weighted by Gasteiger charge is 2.13. The Morgan fingerprint density at radius 1 is 1.10 bits per heavy atom. The molecule has 3 aromatic rings. The van der Waals surface area contributed by atoms with Crippen LogP contribution in [-0.2, 0) is 11.4 Å². The molecule has 3 aromatic carbocycles. The van der Waals surface area contributed by atoms with Gasteiger partial charge in [-0.1, -0.05) is 47.5 Å². The molecule has 0 heterocycles. The van der Waals surface area contributed by atoms with Crippen molar-refractivity contribution in [1.82, 2.24) is 5.43 Å². The summed E-state index contributed by atoms with van der Waals surface area (Å²) in [5.74, 6) is 0.593. The van der Waals surface area contributed by atoms with Gasteiger partial charge in [0, 0.05) is 15.5 Å². The van der Waals surface area contributed by atoms with Crippen molar-refractivity contribution in [2.24, 2.45) is 5.10 Å². The second-order valence-electron chi connectivity index (χ2n) is 6.76. The Labute approximate surface area is 186 Å². The molecule has 0 aliphatic rings. The van der Waals surface area contributed by atoms with Crippen molar-refractivity contribution in [3.63, 3.8) is 0 Å². The van der Waals surface area contributed by atoms with Crippen LogP contribution in [0.4, 0.5) is 0 Å². The molecule has 0 aliphatic heterocycles. The molecule has 30 heavy (non-hydrogen) atoms. The lowest BCUT2D eigenvalue weighted by Crippen LogP contribution is -2.26. The van der Waals surface area contributed by atoms with Crippen LogP contribution in [0.1, 0.15) is 23.6 Å². The summed E-state index contributed by atoms with van der Waals surface area (Å²) in [7, 11) is 0. The minimum Gasteiger partial charge on any atom is -0.489 e. The molecule has 0 radical (unpaired) electrons. The predicted octanol–water partition coefficient (Wildman–Crippen LogP) is 5.86. The molecule has 3 rings (SSSR count). The summed E-state index contributed by atoms with van der Waals surface area (Å²) >= 11 is 7.64. The van der Waals surface area contributed by atoms with Crippen molar-refractivity contribution < 1.29 is 9.53 Å². The molecule has 0 unspecified atom stereocenters. The third-order valence-corrected chi connectivity index (χ3v) is 5.80. The zero-order chi connectivity index (χ0) is 21.3. The van der Waals surface area contributed by atoms with E-state index in [9.17, 15) is 4.79 Å². The number of nitrogens with one attached hydrogen (secondary N) is 1. The Kier molecular flexibility index (Phi) is 7.94. The molecular weight excluding hydrogens is 416 g/mol. The van der Waals surface area contributed by atoms with Crippen molar-refractivity contribution in [2.45, 2.75) is 30.6 Å². The number of carbonyl (C=O) groups is 1. The third kappa shape index (κ3) is 6.65.